The highest BCUT2D eigenvalue weighted by molar-refractivity contribution is 7.09. The molecule has 0 radical (unpaired) electrons. The molecule has 0 aliphatic carbocycles. The average molecular weight is 260 g/mol. The molecule has 4 heteroatoms. The summed E-state index contributed by atoms with van der Waals surface area (Å²) in [6.45, 7) is 1.98. The lowest BCUT2D eigenvalue weighted by atomic mass is 10.1. The predicted molar refractivity (Wildman–Crippen MR) is 73.4 cm³/mol. The van der Waals surface area contributed by atoms with Gasteiger partial charge < -0.3 is 5.32 Å². The number of rotatable bonds is 5. The van der Waals surface area contributed by atoms with Crippen molar-refractivity contribution in [2.75, 3.05) is 0 Å². The lowest BCUT2D eigenvalue weighted by molar-refractivity contribution is -0.121. The fraction of sp³-hybridized carbons (Fsp3) is 0.286. The van der Waals surface area contributed by atoms with Crippen molar-refractivity contribution in [1.29, 1.82) is 0 Å². The molecule has 2 aromatic rings. The fourth-order valence-electron chi connectivity index (χ4n) is 1.74. The molecule has 1 amide bonds. The molecule has 0 aliphatic rings. The first-order valence-corrected chi connectivity index (χ1v) is 6.85. The van der Waals surface area contributed by atoms with Crippen molar-refractivity contribution in [2.45, 2.75) is 25.8 Å². The summed E-state index contributed by atoms with van der Waals surface area (Å²) in [6.07, 6.45) is 4.83. The second-order valence-electron chi connectivity index (χ2n) is 4.15. The zero-order valence-corrected chi connectivity index (χ0v) is 11.1. The Hall–Kier alpha value is -1.68. The zero-order chi connectivity index (χ0) is 12.8. The van der Waals surface area contributed by atoms with Crippen molar-refractivity contribution >= 4 is 17.2 Å². The summed E-state index contributed by atoms with van der Waals surface area (Å²) in [6, 6.07) is 7.94. The van der Waals surface area contributed by atoms with Gasteiger partial charge in [-0.2, -0.15) is 0 Å². The van der Waals surface area contributed by atoms with Gasteiger partial charge in [-0.25, -0.2) is 0 Å². The normalized spacial score (nSPS) is 12.1. The third-order valence-corrected chi connectivity index (χ3v) is 3.70. The van der Waals surface area contributed by atoms with E-state index in [1.54, 1.807) is 23.7 Å². The van der Waals surface area contributed by atoms with E-state index in [0.29, 0.717) is 6.42 Å². The number of amides is 1. The van der Waals surface area contributed by atoms with E-state index in [9.17, 15) is 4.79 Å². The molecule has 1 N–H and O–H groups in total. The first-order chi connectivity index (χ1) is 8.75. The molecule has 0 aromatic carbocycles. The van der Waals surface area contributed by atoms with Gasteiger partial charge >= 0.3 is 0 Å². The first kappa shape index (κ1) is 12.8. The van der Waals surface area contributed by atoms with E-state index in [1.807, 2.05) is 30.5 Å². The quantitative estimate of drug-likeness (QED) is 0.898. The highest BCUT2D eigenvalue weighted by Crippen LogP contribution is 2.13. The maximum Gasteiger partial charge on any atom is 0.220 e. The molecule has 94 valence electrons. The molecular formula is C14H16N2OS. The van der Waals surface area contributed by atoms with Gasteiger partial charge in [0.05, 0.1) is 6.04 Å². The summed E-state index contributed by atoms with van der Waals surface area (Å²) in [5, 5.41) is 5.03. The Labute approximate surface area is 111 Å². The van der Waals surface area contributed by atoms with Gasteiger partial charge in [0.2, 0.25) is 5.91 Å². The summed E-state index contributed by atoms with van der Waals surface area (Å²) in [4.78, 5) is 17.0. The highest BCUT2D eigenvalue weighted by Gasteiger charge is 2.09. The Kier molecular flexibility index (Phi) is 4.47. The molecule has 1 atom stereocenters. The van der Waals surface area contributed by atoms with Crippen LogP contribution in [0.25, 0.3) is 0 Å². The van der Waals surface area contributed by atoms with Crippen LogP contribution in [-0.4, -0.2) is 10.9 Å². The lowest BCUT2D eigenvalue weighted by Crippen LogP contribution is -2.26. The highest BCUT2D eigenvalue weighted by atomic mass is 32.1. The topological polar surface area (TPSA) is 42.0 Å². The number of hydrogen-bond donors (Lipinski definition) is 1. The van der Waals surface area contributed by atoms with Crippen molar-refractivity contribution in [1.82, 2.24) is 10.3 Å². The van der Waals surface area contributed by atoms with Gasteiger partial charge in [0.25, 0.3) is 0 Å². The summed E-state index contributed by atoms with van der Waals surface area (Å²) < 4.78 is 0. The van der Waals surface area contributed by atoms with Gasteiger partial charge in [0.15, 0.2) is 0 Å². The van der Waals surface area contributed by atoms with Crippen LogP contribution in [0.1, 0.15) is 29.8 Å². The minimum Gasteiger partial charge on any atom is -0.350 e. The van der Waals surface area contributed by atoms with Crippen molar-refractivity contribution in [2.24, 2.45) is 0 Å². The van der Waals surface area contributed by atoms with Crippen LogP contribution in [-0.2, 0) is 11.2 Å². The van der Waals surface area contributed by atoms with Crippen molar-refractivity contribution < 1.29 is 4.79 Å². The van der Waals surface area contributed by atoms with Crippen LogP contribution in [0.5, 0.6) is 0 Å². The monoisotopic (exact) mass is 260 g/mol. The number of carbonyl (C=O) groups is 1. The summed E-state index contributed by atoms with van der Waals surface area (Å²) in [5.41, 5.74) is 1.08. The largest absolute Gasteiger partial charge is 0.350 e. The molecule has 0 saturated heterocycles. The average Bonchev–Trinajstić information content (AvgIpc) is 2.90. The number of aromatic nitrogens is 1. The van der Waals surface area contributed by atoms with E-state index in [0.717, 1.165) is 12.0 Å². The maximum atomic E-state index is 11.8. The summed E-state index contributed by atoms with van der Waals surface area (Å²) in [5.74, 6) is 0.0905. The Morgan fingerprint density at radius 3 is 2.83 bits per heavy atom. The molecule has 2 rings (SSSR count). The number of nitrogens with zero attached hydrogens (tertiary/aromatic N) is 1. The SMILES string of the molecule is C[C@H](NC(=O)CCc1cccs1)c1ccncc1. The molecule has 0 saturated carbocycles. The Balaban J connectivity index is 1.80. The molecule has 0 aliphatic heterocycles. The van der Waals surface area contributed by atoms with Crippen LogP contribution in [0, 0.1) is 0 Å². The second kappa shape index (κ2) is 6.31. The summed E-state index contributed by atoms with van der Waals surface area (Å²) >= 11 is 1.69. The molecule has 0 unspecified atom stereocenters. The molecule has 0 bridgehead atoms. The van der Waals surface area contributed by atoms with Gasteiger partial charge in [0.1, 0.15) is 0 Å². The van der Waals surface area contributed by atoms with Crippen LogP contribution < -0.4 is 5.32 Å². The second-order valence-corrected chi connectivity index (χ2v) is 5.18. The van der Waals surface area contributed by atoms with Crippen molar-refractivity contribution in [3.05, 3.63) is 52.5 Å². The van der Waals surface area contributed by atoms with Crippen molar-refractivity contribution in [3.63, 3.8) is 0 Å². The Bertz CT molecular complexity index is 482. The fourth-order valence-corrected chi connectivity index (χ4v) is 2.45. The number of hydrogen-bond acceptors (Lipinski definition) is 3. The Morgan fingerprint density at radius 2 is 2.17 bits per heavy atom. The van der Waals surface area contributed by atoms with E-state index >= 15 is 0 Å². The first-order valence-electron chi connectivity index (χ1n) is 5.97. The smallest absolute Gasteiger partial charge is 0.220 e. The van der Waals surface area contributed by atoms with Crippen molar-refractivity contribution in [3.8, 4) is 0 Å². The van der Waals surface area contributed by atoms with Gasteiger partial charge in [0, 0.05) is 23.7 Å². The third kappa shape index (κ3) is 3.67. The predicted octanol–water partition coefficient (Wildman–Crippen LogP) is 2.95. The van der Waals surface area contributed by atoms with Crippen LogP contribution >= 0.6 is 11.3 Å². The van der Waals surface area contributed by atoms with Gasteiger partial charge in [-0.05, 0) is 42.5 Å². The summed E-state index contributed by atoms with van der Waals surface area (Å²) in [7, 11) is 0. The number of carbonyl (C=O) groups excluding carboxylic acids is 1. The van der Waals surface area contributed by atoms with E-state index in [1.165, 1.54) is 4.88 Å². The number of nitrogens with one attached hydrogen (secondary N) is 1. The van der Waals surface area contributed by atoms with Gasteiger partial charge in [-0.15, -0.1) is 11.3 Å². The molecule has 18 heavy (non-hydrogen) atoms. The number of thiophene rings is 1. The van der Waals surface area contributed by atoms with E-state index in [4.69, 9.17) is 0 Å². The third-order valence-electron chi connectivity index (χ3n) is 2.76. The van der Waals surface area contributed by atoms with Crippen LogP contribution in [0.2, 0.25) is 0 Å². The Morgan fingerprint density at radius 1 is 1.39 bits per heavy atom. The zero-order valence-electron chi connectivity index (χ0n) is 10.3. The number of aryl methyl sites for hydroxylation is 1. The lowest BCUT2D eigenvalue weighted by Gasteiger charge is -2.13. The van der Waals surface area contributed by atoms with E-state index in [-0.39, 0.29) is 11.9 Å². The maximum absolute atomic E-state index is 11.8. The van der Waals surface area contributed by atoms with E-state index < -0.39 is 0 Å². The molecular weight excluding hydrogens is 244 g/mol. The minimum atomic E-state index is 0.0313. The minimum absolute atomic E-state index is 0.0313. The van der Waals surface area contributed by atoms with E-state index in [2.05, 4.69) is 16.4 Å². The van der Waals surface area contributed by atoms with Gasteiger partial charge in [-0.3, -0.25) is 9.78 Å². The molecule has 0 spiro atoms. The van der Waals surface area contributed by atoms with Crippen LogP contribution in [0.15, 0.2) is 42.0 Å². The van der Waals surface area contributed by atoms with Crippen LogP contribution in [0.4, 0.5) is 0 Å². The standard InChI is InChI=1S/C14H16N2OS/c1-11(12-6-8-15-9-7-12)16-14(17)5-4-13-3-2-10-18-13/h2-3,6-11H,4-5H2,1H3,(H,16,17)/t11-/m0/s1. The number of pyridine rings is 1. The van der Waals surface area contributed by atoms with Crippen LogP contribution in [0.3, 0.4) is 0 Å². The molecule has 2 heterocycles. The molecule has 2 aromatic heterocycles. The molecule has 0 fully saturated rings. The molecule has 3 nitrogen and oxygen atoms in total. The van der Waals surface area contributed by atoms with Gasteiger partial charge in [-0.1, -0.05) is 6.07 Å².